The lowest BCUT2D eigenvalue weighted by Gasteiger charge is -2.08. The highest BCUT2D eigenvalue weighted by molar-refractivity contribution is 6.12. The second-order valence-corrected chi connectivity index (χ2v) is 4.70. The Morgan fingerprint density at radius 3 is 2.61 bits per heavy atom. The number of anilines is 1. The van der Waals surface area contributed by atoms with Crippen LogP contribution in [0.3, 0.4) is 0 Å². The van der Waals surface area contributed by atoms with Crippen LogP contribution in [0.15, 0.2) is 42.5 Å². The minimum atomic E-state index is -0.0613. The molecule has 0 bridgehead atoms. The SMILES string of the molecule is Nc1cccc2c1C1OC1c1ccccc1C2=O. The van der Waals surface area contributed by atoms with Crippen LogP contribution in [0.2, 0.25) is 0 Å². The predicted octanol–water partition coefficient (Wildman–Crippen LogP) is 2.63. The average molecular weight is 237 g/mol. The summed E-state index contributed by atoms with van der Waals surface area (Å²) in [5.74, 6) is 0.0451. The fourth-order valence-corrected chi connectivity index (χ4v) is 2.76. The summed E-state index contributed by atoms with van der Waals surface area (Å²) in [5.41, 5.74) is 9.86. The third-order valence-corrected chi connectivity index (χ3v) is 3.67. The van der Waals surface area contributed by atoms with Crippen molar-refractivity contribution in [3.8, 4) is 0 Å². The topological polar surface area (TPSA) is 55.6 Å². The van der Waals surface area contributed by atoms with Gasteiger partial charge in [-0.2, -0.15) is 0 Å². The van der Waals surface area contributed by atoms with Gasteiger partial charge in [-0.1, -0.05) is 36.4 Å². The Balaban J connectivity index is 2.04. The van der Waals surface area contributed by atoms with Gasteiger partial charge in [-0.25, -0.2) is 0 Å². The van der Waals surface area contributed by atoms with Crippen molar-refractivity contribution >= 4 is 11.5 Å². The summed E-state index contributed by atoms with van der Waals surface area (Å²) in [6, 6.07) is 13.1. The molecule has 18 heavy (non-hydrogen) atoms. The van der Waals surface area contributed by atoms with Crippen LogP contribution < -0.4 is 5.73 Å². The molecule has 3 nitrogen and oxygen atoms in total. The van der Waals surface area contributed by atoms with Crippen molar-refractivity contribution in [3.63, 3.8) is 0 Å². The van der Waals surface area contributed by atoms with E-state index in [1.165, 1.54) is 0 Å². The smallest absolute Gasteiger partial charge is 0.193 e. The number of ether oxygens (including phenoxy) is 1. The van der Waals surface area contributed by atoms with E-state index >= 15 is 0 Å². The molecule has 2 atom stereocenters. The van der Waals surface area contributed by atoms with Gasteiger partial charge in [0.05, 0.1) is 0 Å². The molecule has 2 N–H and O–H groups in total. The zero-order valence-corrected chi connectivity index (χ0v) is 9.59. The highest BCUT2D eigenvalue weighted by atomic mass is 16.6. The fourth-order valence-electron chi connectivity index (χ4n) is 2.76. The fraction of sp³-hybridized carbons (Fsp3) is 0.133. The number of hydrogen-bond acceptors (Lipinski definition) is 3. The second kappa shape index (κ2) is 3.21. The molecule has 2 aromatic rings. The summed E-state index contributed by atoms with van der Waals surface area (Å²) in [6.07, 6.45) is -0.0788. The number of epoxide rings is 1. The van der Waals surface area contributed by atoms with Gasteiger partial charge in [0.25, 0.3) is 0 Å². The number of ketones is 1. The van der Waals surface area contributed by atoms with Crippen molar-refractivity contribution < 1.29 is 9.53 Å². The van der Waals surface area contributed by atoms with Gasteiger partial charge in [-0.15, -0.1) is 0 Å². The molecule has 1 fully saturated rings. The van der Waals surface area contributed by atoms with Gasteiger partial charge in [-0.05, 0) is 11.6 Å². The Bertz CT molecular complexity index is 678. The molecule has 2 aromatic carbocycles. The highest BCUT2D eigenvalue weighted by Gasteiger charge is 2.48. The Morgan fingerprint density at radius 2 is 1.72 bits per heavy atom. The third kappa shape index (κ3) is 1.14. The largest absolute Gasteiger partial charge is 0.398 e. The molecular weight excluding hydrogens is 226 g/mol. The number of benzene rings is 2. The molecular formula is C15H11NO2. The molecule has 1 aliphatic heterocycles. The summed E-state index contributed by atoms with van der Waals surface area (Å²) in [7, 11) is 0. The van der Waals surface area contributed by atoms with Crippen molar-refractivity contribution in [1.82, 2.24) is 0 Å². The van der Waals surface area contributed by atoms with Crippen LogP contribution in [0.25, 0.3) is 0 Å². The van der Waals surface area contributed by atoms with E-state index in [0.29, 0.717) is 11.3 Å². The van der Waals surface area contributed by atoms with Crippen LogP contribution in [0.1, 0.15) is 39.3 Å². The molecule has 3 heteroatoms. The predicted molar refractivity (Wildman–Crippen MR) is 67.3 cm³/mol. The van der Waals surface area contributed by atoms with Gasteiger partial charge in [0.2, 0.25) is 0 Å². The second-order valence-electron chi connectivity index (χ2n) is 4.70. The molecule has 88 valence electrons. The summed E-state index contributed by atoms with van der Waals surface area (Å²) in [5, 5.41) is 0. The van der Waals surface area contributed by atoms with Crippen LogP contribution in [-0.4, -0.2) is 5.78 Å². The minimum absolute atomic E-state index is 0.0175. The maximum Gasteiger partial charge on any atom is 0.193 e. The quantitative estimate of drug-likeness (QED) is 0.566. The number of nitrogens with two attached hydrogens (primary N) is 1. The number of hydrogen-bond donors (Lipinski definition) is 1. The maximum absolute atomic E-state index is 12.5. The Hall–Kier alpha value is -2.13. The van der Waals surface area contributed by atoms with Gasteiger partial charge in [0.15, 0.2) is 5.78 Å². The zero-order valence-electron chi connectivity index (χ0n) is 9.59. The number of carbonyl (C=O) groups excluding carboxylic acids is 1. The molecule has 1 aliphatic carbocycles. The van der Waals surface area contributed by atoms with Crippen LogP contribution >= 0.6 is 0 Å². The molecule has 4 rings (SSSR count). The van der Waals surface area contributed by atoms with Crippen LogP contribution in [0.4, 0.5) is 5.69 Å². The molecule has 0 amide bonds. The van der Waals surface area contributed by atoms with E-state index in [2.05, 4.69) is 0 Å². The summed E-state index contributed by atoms with van der Waals surface area (Å²) in [4.78, 5) is 12.5. The Morgan fingerprint density at radius 1 is 0.944 bits per heavy atom. The maximum atomic E-state index is 12.5. The Kier molecular flexibility index (Phi) is 1.76. The number of carbonyl (C=O) groups is 1. The molecule has 0 radical (unpaired) electrons. The summed E-state index contributed by atoms with van der Waals surface area (Å²) < 4.78 is 5.71. The van der Waals surface area contributed by atoms with Crippen molar-refractivity contribution in [1.29, 1.82) is 0 Å². The van der Waals surface area contributed by atoms with Gasteiger partial charge < -0.3 is 10.5 Å². The van der Waals surface area contributed by atoms with Gasteiger partial charge in [0, 0.05) is 22.4 Å². The van der Waals surface area contributed by atoms with Gasteiger partial charge in [0.1, 0.15) is 12.2 Å². The van der Waals surface area contributed by atoms with E-state index in [4.69, 9.17) is 10.5 Å². The number of nitrogen functional groups attached to an aromatic ring is 1. The lowest BCUT2D eigenvalue weighted by molar-refractivity contribution is 0.103. The first-order valence-electron chi connectivity index (χ1n) is 5.95. The first-order chi connectivity index (χ1) is 8.77. The number of rotatable bonds is 0. The van der Waals surface area contributed by atoms with E-state index < -0.39 is 0 Å². The van der Waals surface area contributed by atoms with Crippen molar-refractivity contribution in [2.24, 2.45) is 0 Å². The summed E-state index contributed by atoms with van der Waals surface area (Å²) in [6.45, 7) is 0. The molecule has 0 saturated carbocycles. The molecule has 0 spiro atoms. The first kappa shape index (κ1) is 9.85. The van der Waals surface area contributed by atoms with Crippen LogP contribution in [0, 0.1) is 0 Å². The molecule has 1 saturated heterocycles. The lowest BCUT2D eigenvalue weighted by atomic mass is 9.97. The van der Waals surface area contributed by atoms with Gasteiger partial charge in [-0.3, -0.25) is 4.79 Å². The lowest BCUT2D eigenvalue weighted by Crippen LogP contribution is -2.07. The van der Waals surface area contributed by atoms with Crippen molar-refractivity contribution in [3.05, 3.63) is 64.7 Å². The van der Waals surface area contributed by atoms with Crippen molar-refractivity contribution in [2.45, 2.75) is 12.2 Å². The first-order valence-corrected chi connectivity index (χ1v) is 5.95. The molecule has 2 unspecified atom stereocenters. The normalized spacial score (nSPS) is 23.7. The third-order valence-electron chi connectivity index (χ3n) is 3.67. The van der Waals surface area contributed by atoms with E-state index in [-0.39, 0.29) is 18.0 Å². The molecule has 1 heterocycles. The minimum Gasteiger partial charge on any atom is -0.398 e. The molecule has 0 aromatic heterocycles. The monoisotopic (exact) mass is 237 g/mol. The standard InChI is InChI=1S/C15H11NO2/c16-11-7-3-6-10-12(11)15-14(18-15)9-5-2-1-4-8(9)13(10)17/h1-7,14-15H,16H2. The van der Waals surface area contributed by atoms with E-state index in [1.54, 1.807) is 0 Å². The highest BCUT2D eigenvalue weighted by Crippen LogP contribution is 2.56. The van der Waals surface area contributed by atoms with E-state index in [9.17, 15) is 4.79 Å². The average Bonchev–Trinajstić information content (AvgIpc) is 3.17. The number of fused-ring (bicyclic) bond motifs is 5. The zero-order chi connectivity index (χ0) is 12.3. The van der Waals surface area contributed by atoms with Crippen molar-refractivity contribution in [2.75, 3.05) is 5.73 Å². The summed E-state index contributed by atoms with van der Waals surface area (Å²) >= 11 is 0. The molecule has 2 aliphatic rings. The van der Waals surface area contributed by atoms with E-state index in [1.807, 2.05) is 42.5 Å². The van der Waals surface area contributed by atoms with Gasteiger partial charge >= 0.3 is 0 Å². The van der Waals surface area contributed by atoms with Crippen LogP contribution in [0.5, 0.6) is 0 Å². The van der Waals surface area contributed by atoms with E-state index in [0.717, 1.165) is 16.7 Å². The Labute approximate surface area is 104 Å². The van der Waals surface area contributed by atoms with Crippen LogP contribution in [-0.2, 0) is 4.74 Å².